The molecule has 3 heteroatoms. The third kappa shape index (κ3) is 1.23. The van der Waals surface area contributed by atoms with Crippen LogP contribution < -0.4 is 0 Å². The highest BCUT2D eigenvalue weighted by Crippen LogP contribution is 2.13. The molecule has 0 bridgehead atoms. The standard InChI is InChI=1S/C9H7NOS/c11-9(7-3-1-5-10-7)8-4-2-6-12-8/h1-2,4-6H,3H2. The maximum absolute atomic E-state index is 11.5. The fourth-order valence-electron chi connectivity index (χ4n) is 1.06. The summed E-state index contributed by atoms with van der Waals surface area (Å²) in [7, 11) is 0. The van der Waals surface area contributed by atoms with Gasteiger partial charge in [0.1, 0.15) is 0 Å². The van der Waals surface area contributed by atoms with Gasteiger partial charge in [0, 0.05) is 12.6 Å². The van der Waals surface area contributed by atoms with Crippen molar-refractivity contribution in [2.75, 3.05) is 0 Å². The maximum Gasteiger partial charge on any atom is 0.217 e. The van der Waals surface area contributed by atoms with E-state index in [-0.39, 0.29) is 5.78 Å². The lowest BCUT2D eigenvalue weighted by Crippen LogP contribution is -2.09. The molecule has 0 radical (unpaired) electrons. The van der Waals surface area contributed by atoms with E-state index in [9.17, 15) is 4.79 Å². The van der Waals surface area contributed by atoms with Crippen LogP contribution in [-0.4, -0.2) is 11.5 Å². The number of ketones is 1. The van der Waals surface area contributed by atoms with Crippen LogP contribution in [0.2, 0.25) is 0 Å². The van der Waals surface area contributed by atoms with Crippen molar-refractivity contribution < 1.29 is 4.79 Å². The summed E-state index contributed by atoms with van der Waals surface area (Å²) in [5, 5.41) is 1.90. The molecule has 0 aromatic carbocycles. The van der Waals surface area contributed by atoms with Gasteiger partial charge in [-0.1, -0.05) is 12.1 Å². The Bertz CT molecular complexity index is 349. The smallest absolute Gasteiger partial charge is 0.217 e. The number of carbonyl (C=O) groups is 1. The van der Waals surface area contributed by atoms with Crippen LogP contribution in [0.1, 0.15) is 16.1 Å². The van der Waals surface area contributed by atoms with Crippen molar-refractivity contribution in [3.63, 3.8) is 0 Å². The second-order valence-corrected chi connectivity index (χ2v) is 3.42. The van der Waals surface area contributed by atoms with Crippen molar-refractivity contribution in [3.8, 4) is 0 Å². The first kappa shape index (κ1) is 7.43. The van der Waals surface area contributed by atoms with Crippen molar-refractivity contribution in [3.05, 3.63) is 34.7 Å². The molecule has 1 aromatic heterocycles. The highest BCUT2D eigenvalue weighted by atomic mass is 32.1. The predicted molar refractivity (Wildman–Crippen MR) is 49.8 cm³/mol. The fraction of sp³-hybridized carbons (Fsp3) is 0.111. The summed E-state index contributed by atoms with van der Waals surface area (Å²) in [5.41, 5.74) is 0.650. The summed E-state index contributed by atoms with van der Waals surface area (Å²) in [6, 6.07) is 3.70. The number of Topliss-reactive ketones (excluding diaryl/α,β-unsaturated/α-hetero) is 1. The van der Waals surface area contributed by atoms with Gasteiger partial charge in [-0.3, -0.25) is 9.79 Å². The number of thiophene rings is 1. The second-order valence-electron chi connectivity index (χ2n) is 2.47. The van der Waals surface area contributed by atoms with E-state index in [1.54, 1.807) is 6.20 Å². The molecule has 1 aliphatic rings. The molecule has 1 aliphatic heterocycles. The SMILES string of the molecule is O=C(C1=NC=CC1)c1cccs1. The topological polar surface area (TPSA) is 29.4 Å². The van der Waals surface area contributed by atoms with Gasteiger partial charge in [-0.05, 0) is 11.4 Å². The first-order chi connectivity index (χ1) is 5.88. The van der Waals surface area contributed by atoms with Crippen LogP contribution in [0.4, 0.5) is 0 Å². The summed E-state index contributed by atoms with van der Waals surface area (Å²) < 4.78 is 0. The molecule has 2 nitrogen and oxygen atoms in total. The molecule has 1 aromatic rings. The van der Waals surface area contributed by atoms with Gasteiger partial charge in [-0.25, -0.2) is 0 Å². The van der Waals surface area contributed by atoms with E-state index < -0.39 is 0 Å². The molecular weight excluding hydrogens is 170 g/mol. The van der Waals surface area contributed by atoms with Crippen molar-refractivity contribution in [1.82, 2.24) is 0 Å². The van der Waals surface area contributed by atoms with Crippen LogP contribution in [-0.2, 0) is 0 Å². The Morgan fingerprint density at radius 2 is 2.50 bits per heavy atom. The first-order valence-corrected chi connectivity index (χ1v) is 4.56. The van der Waals surface area contributed by atoms with Gasteiger partial charge in [0.15, 0.2) is 0 Å². The lowest BCUT2D eigenvalue weighted by molar-refractivity contribution is 0.106. The van der Waals surface area contributed by atoms with Crippen LogP contribution in [0.5, 0.6) is 0 Å². The molecule has 0 N–H and O–H groups in total. The van der Waals surface area contributed by atoms with E-state index in [1.165, 1.54) is 11.3 Å². The van der Waals surface area contributed by atoms with E-state index in [0.29, 0.717) is 12.1 Å². The third-order valence-electron chi connectivity index (χ3n) is 1.65. The lowest BCUT2D eigenvalue weighted by atomic mass is 10.2. The van der Waals surface area contributed by atoms with Crippen LogP contribution in [0.3, 0.4) is 0 Å². The summed E-state index contributed by atoms with van der Waals surface area (Å²) in [4.78, 5) is 16.3. The largest absolute Gasteiger partial charge is 0.286 e. The maximum atomic E-state index is 11.5. The molecule has 2 heterocycles. The van der Waals surface area contributed by atoms with Crippen molar-refractivity contribution in [2.45, 2.75) is 6.42 Å². The molecule has 0 fully saturated rings. The number of hydrogen-bond acceptors (Lipinski definition) is 3. The van der Waals surface area contributed by atoms with Crippen molar-refractivity contribution in [1.29, 1.82) is 0 Å². The van der Waals surface area contributed by atoms with Gasteiger partial charge < -0.3 is 0 Å². The zero-order chi connectivity index (χ0) is 8.39. The van der Waals surface area contributed by atoms with Crippen molar-refractivity contribution >= 4 is 22.8 Å². The summed E-state index contributed by atoms with van der Waals surface area (Å²) in [5.74, 6) is 0.0648. The molecule has 0 unspecified atom stereocenters. The van der Waals surface area contributed by atoms with Gasteiger partial charge in [0.25, 0.3) is 0 Å². The van der Waals surface area contributed by atoms with Gasteiger partial charge in [0.2, 0.25) is 5.78 Å². The Morgan fingerprint density at radius 3 is 3.08 bits per heavy atom. The number of rotatable bonds is 2. The zero-order valence-corrected chi connectivity index (χ0v) is 7.17. The van der Waals surface area contributed by atoms with Crippen LogP contribution >= 0.6 is 11.3 Å². The zero-order valence-electron chi connectivity index (χ0n) is 6.36. The fourth-order valence-corrected chi connectivity index (χ4v) is 1.75. The quantitative estimate of drug-likeness (QED) is 0.637. The summed E-state index contributed by atoms with van der Waals surface area (Å²) in [6.07, 6.45) is 4.25. The van der Waals surface area contributed by atoms with E-state index in [0.717, 1.165) is 4.88 Å². The first-order valence-electron chi connectivity index (χ1n) is 3.68. The third-order valence-corrected chi connectivity index (χ3v) is 2.52. The number of allylic oxidation sites excluding steroid dienone is 1. The molecule has 2 rings (SSSR count). The number of carbonyl (C=O) groups excluding carboxylic acids is 1. The Kier molecular flexibility index (Phi) is 1.87. The van der Waals surface area contributed by atoms with Crippen LogP contribution in [0.25, 0.3) is 0 Å². The minimum atomic E-state index is 0.0648. The van der Waals surface area contributed by atoms with Gasteiger partial charge in [0.05, 0.1) is 10.6 Å². The normalized spacial score (nSPS) is 14.8. The predicted octanol–water partition coefficient (Wildman–Crippen LogP) is 2.29. The molecule has 0 saturated carbocycles. The van der Waals surface area contributed by atoms with E-state index in [4.69, 9.17) is 0 Å². The molecule has 0 aliphatic carbocycles. The van der Waals surface area contributed by atoms with E-state index in [2.05, 4.69) is 4.99 Å². The van der Waals surface area contributed by atoms with Crippen LogP contribution in [0.15, 0.2) is 34.8 Å². The average Bonchev–Trinajstić information content (AvgIpc) is 2.77. The van der Waals surface area contributed by atoms with Crippen LogP contribution in [0, 0.1) is 0 Å². The van der Waals surface area contributed by atoms with E-state index >= 15 is 0 Å². The minimum Gasteiger partial charge on any atom is -0.286 e. The second kappa shape index (κ2) is 3.03. The Hall–Kier alpha value is -1.22. The average molecular weight is 177 g/mol. The molecule has 0 saturated heterocycles. The molecular formula is C9H7NOS. The Labute approximate surface area is 74.3 Å². The van der Waals surface area contributed by atoms with Gasteiger partial charge in [-0.2, -0.15) is 0 Å². The molecule has 0 amide bonds. The summed E-state index contributed by atoms with van der Waals surface area (Å²) in [6.45, 7) is 0. The monoisotopic (exact) mass is 177 g/mol. The van der Waals surface area contributed by atoms with Crippen molar-refractivity contribution in [2.24, 2.45) is 4.99 Å². The molecule has 60 valence electrons. The lowest BCUT2D eigenvalue weighted by Gasteiger charge is -1.93. The highest BCUT2D eigenvalue weighted by molar-refractivity contribution is 7.13. The van der Waals surface area contributed by atoms with E-state index in [1.807, 2.05) is 23.6 Å². The highest BCUT2D eigenvalue weighted by Gasteiger charge is 2.14. The number of hydrogen-bond donors (Lipinski definition) is 0. The molecule has 0 atom stereocenters. The van der Waals surface area contributed by atoms with Gasteiger partial charge in [-0.15, -0.1) is 11.3 Å². The minimum absolute atomic E-state index is 0.0648. The number of aliphatic imine (C=N–C) groups is 1. The summed E-state index contributed by atoms with van der Waals surface area (Å²) >= 11 is 1.46. The Balaban J connectivity index is 2.22. The number of nitrogens with zero attached hydrogens (tertiary/aromatic N) is 1. The van der Waals surface area contributed by atoms with Gasteiger partial charge >= 0.3 is 0 Å². The molecule has 12 heavy (non-hydrogen) atoms. The molecule has 0 spiro atoms. The Morgan fingerprint density at radius 1 is 1.58 bits per heavy atom.